The predicted molar refractivity (Wildman–Crippen MR) is 106 cm³/mol. The Labute approximate surface area is 161 Å². The number of methoxy groups -OCH3 is 1. The normalized spacial score (nSPS) is 17.2. The van der Waals surface area contributed by atoms with Crippen molar-refractivity contribution < 1.29 is 13.2 Å². The molecule has 1 heterocycles. The molecule has 3 rings (SSSR count). The van der Waals surface area contributed by atoms with Crippen molar-refractivity contribution in [3.8, 4) is 5.75 Å². The van der Waals surface area contributed by atoms with Crippen LogP contribution >= 0.6 is 12.4 Å². The fraction of sp³-hybridized carbons (Fsp3) is 0.368. The van der Waals surface area contributed by atoms with Gasteiger partial charge in [0.15, 0.2) is 0 Å². The second kappa shape index (κ2) is 8.39. The van der Waals surface area contributed by atoms with Crippen molar-refractivity contribution in [2.75, 3.05) is 34.3 Å². The van der Waals surface area contributed by atoms with E-state index in [2.05, 4.69) is 17.4 Å². The first-order valence-electron chi connectivity index (χ1n) is 8.34. The quantitative estimate of drug-likeness (QED) is 0.863. The van der Waals surface area contributed by atoms with E-state index in [0.29, 0.717) is 5.75 Å². The highest BCUT2D eigenvalue weighted by atomic mass is 35.5. The molecule has 1 unspecified atom stereocenters. The first kappa shape index (κ1) is 20.7. The second-order valence-corrected chi connectivity index (χ2v) is 8.53. The fourth-order valence-electron chi connectivity index (χ4n) is 3.28. The minimum atomic E-state index is -3.58. The zero-order valence-electron chi connectivity index (χ0n) is 15.2. The molecule has 0 aromatic heterocycles. The Balaban J connectivity index is 0.00000243. The van der Waals surface area contributed by atoms with E-state index in [1.165, 1.54) is 31.1 Å². The van der Waals surface area contributed by atoms with Gasteiger partial charge in [-0.25, -0.2) is 12.7 Å². The Hall–Kier alpha value is -1.60. The number of hydrogen-bond donors (Lipinski definition) is 1. The third-order valence-electron chi connectivity index (χ3n) is 4.68. The summed E-state index contributed by atoms with van der Waals surface area (Å²) in [6, 6.07) is 13.9. The van der Waals surface area contributed by atoms with E-state index in [0.717, 1.165) is 30.6 Å². The molecule has 0 aliphatic carbocycles. The number of nitrogens with one attached hydrogen (secondary N) is 1. The standard InChI is InChI=1S/C19H24N2O3S.ClH/c1-21(2)25(22,23)19-12-16-15(11-18(19)24-3)9-10-20-13-17(16)14-7-5-4-6-8-14;/h4-8,11-12,17,20H,9-10,13H2,1-3H3;1H. The molecule has 0 amide bonds. The Kier molecular flexibility index (Phi) is 6.69. The van der Waals surface area contributed by atoms with Crippen LogP contribution in [-0.2, 0) is 16.4 Å². The number of ether oxygens (including phenoxy) is 1. The van der Waals surface area contributed by atoms with Gasteiger partial charge in [-0.2, -0.15) is 0 Å². The van der Waals surface area contributed by atoms with Gasteiger partial charge in [-0.05, 0) is 41.8 Å². The summed E-state index contributed by atoms with van der Waals surface area (Å²) in [6.07, 6.45) is 0.845. The maximum Gasteiger partial charge on any atom is 0.246 e. The van der Waals surface area contributed by atoms with Crippen molar-refractivity contribution in [1.29, 1.82) is 0 Å². The van der Waals surface area contributed by atoms with Crippen LogP contribution in [0.2, 0.25) is 0 Å². The smallest absolute Gasteiger partial charge is 0.246 e. The molecule has 1 aliphatic heterocycles. The number of nitrogens with zero attached hydrogens (tertiary/aromatic N) is 1. The summed E-state index contributed by atoms with van der Waals surface area (Å²) in [5, 5.41) is 3.46. The molecule has 1 N–H and O–H groups in total. The number of benzene rings is 2. The molecule has 0 bridgehead atoms. The van der Waals surface area contributed by atoms with Crippen molar-refractivity contribution in [3.63, 3.8) is 0 Å². The average Bonchev–Trinajstić information content (AvgIpc) is 2.83. The highest BCUT2D eigenvalue weighted by Crippen LogP contribution is 2.36. The van der Waals surface area contributed by atoms with Gasteiger partial charge in [0.2, 0.25) is 10.0 Å². The van der Waals surface area contributed by atoms with E-state index in [1.807, 2.05) is 24.3 Å². The topological polar surface area (TPSA) is 58.6 Å². The number of rotatable bonds is 4. The van der Waals surface area contributed by atoms with Crippen molar-refractivity contribution in [3.05, 3.63) is 59.2 Å². The van der Waals surface area contributed by atoms with Crippen LogP contribution < -0.4 is 10.1 Å². The molecule has 0 fully saturated rings. The molecular formula is C19H25ClN2O3S. The van der Waals surface area contributed by atoms with Gasteiger partial charge >= 0.3 is 0 Å². The summed E-state index contributed by atoms with van der Waals surface area (Å²) < 4.78 is 32.1. The highest BCUT2D eigenvalue weighted by Gasteiger charge is 2.28. The number of fused-ring (bicyclic) bond motifs is 1. The number of hydrogen-bond acceptors (Lipinski definition) is 4. The number of halogens is 1. The van der Waals surface area contributed by atoms with Gasteiger partial charge in [0.25, 0.3) is 0 Å². The molecule has 0 radical (unpaired) electrons. The summed E-state index contributed by atoms with van der Waals surface area (Å²) in [6.45, 7) is 1.64. The van der Waals surface area contributed by atoms with Crippen LogP contribution in [0.5, 0.6) is 5.75 Å². The van der Waals surface area contributed by atoms with E-state index in [-0.39, 0.29) is 23.2 Å². The maximum absolute atomic E-state index is 12.8. The van der Waals surface area contributed by atoms with Gasteiger partial charge in [0, 0.05) is 26.6 Å². The van der Waals surface area contributed by atoms with Crippen LogP contribution in [0.25, 0.3) is 0 Å². The first-order chi connectivity index (χ1) is 11.9. The van der Waals surface area contributed by atoms with E-state index >= 15 is 0 Å². The maximum atomic E-state index is 12.8. The molecule has 0 saturated carbocycles. The first-order valence-corrected chi connectivity index (χ1v) is 9.78. The summed E-state index contributed by atoms with van der Waals surface area (Å²) in [4.78, 5) is 0.224. The van der Waals surface area contributed by atoms with Crippen LogP contribution in [0.15, 0.2) is 47.4 Å². The summed E-state index contributed by atoms with van der Waals surface area (Å²) >= 11 is 0. The summed E-state index contributed by atoms with van der Waals surface area (Å²) in [5.74, 6) is 0.516. The lowest BCUT2D eigenvalue weighted by Crippen LogP contribution is -2.24. The van der Waals surface area contributed by atoms with Crippen LogP contribution in [0, 0.1) is 0 Å². The molecule has 7 heteroatoms. The van der Waals surface area contributed by atoms with Crippen molar-refractivity contribution in [2.45, 2.75) is 17.2 Å². The van der Waals surface area contributed by atoms with Gasteiger partial charge in [-0.1, -0.05) is 30.3 Å². The molecule has 5 nitrogen and oxygen atoms in total. The zero-order chi connectivity index (χ0) is 18.0. The average molecular weight is 397 g/mol. The van der Waals surface area contributed by atoms with E-state index in [4.69, 9.17) is 4.74 Å². The zero-order valence-corrected chi connectivity index (χ0v) is 16.9. The van der Waals surface area contributed by atoms with Gasteiger partial charge < -0.3 is 10.1 Å². The summed E-state index contributed by atoms with van der Waals surface area (Å²) in [7, 11) is 1.01. The predicted octanol–water partition coefficient (Wildman–Crippen LogP) is 2.64. The Morgan fingerprint density at radius 2 is 1.85 bits per heavy atom. The lowest BCUT2D eigenvalue weighted by Gasteiger charge is -2.22. The van der Waals surface area contributed by atoms with Crippen LogP contribution in [0.3, 0.4) is 0 Å². The number of sulfonamides is 1. The van der Waals surface area contributed by atoms with E-state index in [9.17, 15) is 8.42 Å². The van der Waals surface area contributed by atoms with Gasteiger partial charge in [0.05, 0.1) is 7.11 Å². The van der Waals surface area contributed by atoms with Gasteiger partial charge in [0.1, 0.15) is 10.6 Å². The minimum Gasteiger partial charge on any atom is -0.495 e. The SMILES string of the molecule is COc1cc2c(cc1S(=O)(=O)N(C)C)C(c1ccccc1)CNCC2.Cl. The monoisotopic (exact) mass is 396 g/mol. The Morgan fingerprint density at radius 1 is 1.15 bits per heavy atom. The summed E-state index contributed by atoms with van der Waals surface area (Å²) in [5.41, 5.74) is 3.36. The Morgan fingerprint density at radius 3 is 2.46 bits per heavy atom. The molecule has 2 aromatic carbocycles. The van der Waals surface area contributed by atoms with Crippen LogP contribution in [0.1, 0.15) is 22.6 Å². The van der Waals surface area contributed by atoms with Crippen LogP contribution in [-0.4, -0.2) is 47.0 Å². The molecule has 142 valence electrons. The van der Waals surface area contributed by atoms with Crippen molar-refractivity contribution in [2.24, 2.45) is 0 Å². The molecule has 26 heavy (non-hydrogen) atoms. The fourth-order valence-corrected chi connectivity index (χ4v) is 4.34. The Bertz CT molecular complexity index is 855. The van der Waals surface area contributed by atoms with E-state index in [1.54, 1.807) is 6.07 Å². The lowest BCUT2D eigenvalue weighted by molar-refractivity contribution is 0.399. The van der Waals surface area contributed by atoms with Gasteiger partial charge in [-0.3, -0.25) is 0 Å². The lowest BCUT2D eigenvalue weighted by atomic mass is 9.88. The third kappa shape index (κ3) is 3.88. The molecule has 0 saturated heterocycles. The van der Waals surface area contributed by atoms with Crippen LogP contribution in [0.4, 0.5) is 0 Å². The highest BCUT2D eigenvalue weighted by molar-refractivity contribution is 7.89. The van der Waals surface area contributed by atoms with Gasteiger partial charge in [-0.15, -0.1) is 12.4 Å². The molecule has 2 aromatic rings. The molecular weight excluding hydrogens is 372 g/mol. The van der Waals surface area contributed by atoms with E-state index < -0.39 is 10.0 Å². The minimum absolute atomic E-state index is 0. The van der Waals surface area contributed by atoms with Crippen molar-refractivity contribution in [1.82, 2.24) is 9.62 Å². The third-order valence-corrected chi connectivity index (χ3v) is 6.52. The molecule has 0 spiro atoms. The second-order valence-electron chi connectivity index (χ2n) is 6.41. The molecule has 1 atom stereocenters. The van der Waals surface area contributed by atoms with Crippen molar-refractivity contribution >= 4 is 22.4 Å². The molecule has 1 aliphatic rings. The largest absolute Gasteiger partial charge is 0.495 e.